The number of nitrogens with zero attached hydrogens (tertiary/aromatic N) is 2. The summed E-state index contributed by atoms with van der Waals surface area (Å²) in [5.41, 5.74) is 1.98. The molecule has 0 spiro atoms. The monoisotopic (exact) mass is 397 g/mol. The van der Waals surface area contributed by atoms with Crippen molar-refractivity contribution in [3.8, 4) is 0 Å². The van der Waals surface area contributed by atoms with Crippen LogP contribution in [0.5, 0.6) is 0 Å². The number of carbonyl (C=O) groups is 2. The Kier molecular flexibility index (Phi) is 6.59. The van der Waals surface area contributed by atoms with Crippen molar-refractivity contribution in [3.63, 3.8) is 0 Å². The van der Waals surface area contributed by atoms with Crippen LogP contribution >= 0.6 is 0 Å². The first-order valence-electron chi connectivity index (χ1n) is 9.73. The van der Waals surface area contributed by atoms with E-state index in [2.05, 4.69) is 5.32 Å². The average molecular weight is 397 g/mol. The summed E-state index contributed by atoms with van der Waals surface area (Å²) in [7, 11) is 0. The molecule has 2 aliphatic heterocycles. The lowest BCUT2D eigenvalue weighted by molar-refractivity contribution is -0.149. The number of hydrogen-bond acceptors (Lipinski definition) is 3. The molecule has 2 heterocycles. The number of benzene rings is 1. The number of halogens is 3. The minimum atomic E-state index is -4.20. The summed E-state index contributed by atoms with van der Waals surface area (Å²) >= 11 is 0. The van der Waals surface area contributed by atoms with Gasteiger partial charge >= 0.3 is 6.18 Å². The highest BCUT2D eigenvalue weighted by Gasteiger charge is 2.33. The number of piperidine rings is 1. The number of rotatable bonds is 6. The van der Waals surface area contributed by atoms with Gasteiger partial charge in [-0.15, -0.1) is 0 Å². The fraction of sp³-hybridized carbons (Fsp3) is 0.600. The first-order chi connectivity index (χ1) is 13.3. The van der Waals surface area contributed by atoms with Crippen molar-refractivity contribution >= 4 is 11.8 Å². The van der Waals surface area contributed by atoms with Gasteiger partial charge in [-0.1, -0.05) is 24.3 Å². The third kappa shape index (κ3) is 5.70. The lowest BCUT2D eigenvalue weighted by Gasteiger charge is -2.31. The molecule has 0 radical (unpaired) electrons. The van der Waals surface area contributed by atoms with Gasteiger partial charge in [-0.3, -0.25) is 14.5 Å². The number of carbonyl (C=O) groups excluding carboxylic acids is 2. The Hall–Kier alpha value is -2.09. The first-order valence-corrected chi connectivity index (χ1v) is 9.73. The van der Waals surface area contributed by atoms with Gasteiger partial charge in [0, 0.05) is 32.0 Å². The number of likely N-dealkylation sites (tertiary alicyclic amines) is 2. The van der Waals surface area contributed by atoms with Crippen LogP contribution in [0, 0.1) is 5.92 Å². The Balaban J connectivity index is 1.49. The second kappa shape index (κ2) is 8.94. The highest BCUT2D eigenvalue weighted by Crippen LogP contribution is 2.23. The van der Waals surface area contributed by atoms with E-state index in [0.717, 1.165) is 24.1 Å². The van der Waals surface area contributed by atoms with Crippen molar-refractivity contribution < 1.29 is 22.8 Å². The van der Waals surface area contributed by atoms with Crippen molar-refractivity contribution in [1.82, 2.24) is 15.1 Å². The Bertz CT molecular complexity index is 700. The standard InChI is InChI=1S/C20H26F3N3O2/c21-20(22,23)14-25-10-7-15(8-11-25)19(28)24-12-16-4-1-2-5-17(16)13-26-9-3-6-18(26)27/h1-2,4-5,15H,3,6-14H2,(H,24,28). The van der Waals surface area contributed by atoms with Crippen LogP contribution in [0.15, 0.2) is 24.3 Å². The van der Waals surface area contributed by atoms with E-state index in [9.17, 15) is 22.8 Å². The van der Waals surface area contributed by atoms with Gasteiger partial charge in [-0.2, -0.15) is 13.2 Å². The van der Waals surface area contributed by atoms with Gasteiger partial charge < -0.3 is 10.2 Å². The Morgan fingerprint density at radius 1 is 1.11 bits per heavy atom. The normalized spacial score (nSPS) is 19.2. The zero-order chi connectivity index (χ0) is 20.1. The summed E-state index contributed by atoms with van der Waals surface area (Å²) in [4.78, 5) is 27.5. The molecule has 0 atom stereocenters. The summed E-state index contributed by atoms with van der Waals surface area (Å²) in [5, 5.41) is 2.93. The molecule has 3 rings (SSSR count). The minimum Gasteiger partial charge on any atom is -0.352 e. The van der Waals surface area contributed by atoms with E-state index in [4.69, 9.17) is 0 Å². The Labute approximate surface area is 162 Å². The predicted molar refractivity (Wildman–Crippen MR) is 98.2 cm³/mol. The van der Waals surface area contributed by atoms with E-state index >= 15 is 0 Å². The van der Waals surface area contributed by atoms with E-state index in [1.165, 1.54) is 4.90 Å². The van der Waals surface area contributed by atoms with Crippen LogP contribution < -0.4 is 5.32 Å². The van der Waals surface area contributed by atoms with E-state index < -0.39 is 12.7 Å². The van der Waals surface area contributed by atoms with Gasteiger partial charge in [-0.05, 0) is 43.5 Å². The maximum absolute atomic E-state index is 12.5. The average Bonchev–Trinajstić information content (AvgIpc) is 3.05. The first kappa shape index (κ1) is 20.6. The number of nitrogens with one attached hydrogen (secondary N) is 1. The molecule has 2 saturated heterocycles. The van der Waals surface area contributed by atoms with Gasteiger partial charge in [0.05, 0.1) is 6.54 Å². The molecule has 1 N–H and O–H groups in total. The van der Waals surface area contributed by atoms with Crippen LogP contribution in [-0.4, -0.2) is 54.0 Å². The minimum absolute atomic E-state index is 0.112. The fourth-order valence-electron chi connectivity index (χ4n) is 3.89. The van der Waals surface area contributed by atoms with Crippen LogP contribution in [-0.2, 0) is 22.7 Å². The summed E-state index contributed by atoms with van der Waals surface area (Å²) in [6.45, 7) is 1.32. The van der Waals surface area contributed by atoms with E-state index in [-0.39, 0.29) is 30.8 Å². The second-order valence-electron chi connectivity index (χ2n) is 7.57. The molecule has 2 fully saturated rings. The molecule has 5 nitrogen and oxygen atoms in total. The summed E-state index contributed by atoms with van der Waals surface area (Å²) in [5.74, 6) is -0.208. The highest BCUT2D eigenvalue weighted by atomic mass is 19.4. The zero-order valence-corrected chi connectivity index (χ0v) is 15.8. The van der Waals surface area contributed by atoms with Crippen LogP contribution in [0.3, 0.4) is 0 Å². The second-order valence-corrected chi connectivity index (χ2v) is 7.57. The third-order valence-corrected chi connectivity index (χ3v) is 5.47. The molecule has 0 bridgehead atoms. The summed E-state index contributed by atoms with van der Waals surface area (Å²) < 4.78 is 37.4. The number of alkyl halides is 3. The van der Waals surface area contributed by atoms with Gasteiger partial charge in [0.15, 0.2) is 0 Å². The lowest BCUT2D eigenvalue weighted by atomic mass is 9.95. The maximum Gasteiger partial charge on any atom is 0.401 e. The molecule has 28 heavy (non-hydrogen) atoms. The maximum atomic E-state index is 12.5. The van der Waals surface area contributed by atoms with Crippen molar-refractivity contribution in [2.24, 2.45) is 5.92 Å². The summed E-state index contributed by atoms with van der Waals surface area (Å²) in [6, 6.07) is 7.70. The van der Waals surface area contributed by atoms with Gasteiger partial charge in [0.1, 0.15) is 0 Å². The molecule has 0 saturated carbocycles. The molecular formula is C20H26F3N3O2. The lowest BCUT2D eigenvalue weighted by Crippen LogP contribution is -2.43. The van der Waals surface area contributed by atoms with E-state index in [0.29, 0.717) is 32.4 Å². The quantitative estimate of drug-likeness (QED) is 0.803. The van der Waals surface area contributed by atoms with Crippen molar-refractivity contribution in [2.75, 3.05) is 26.2 Å². The Morgan fingerprint density at radius 2 is 1.79 bits per heavy atom. The molecule has 1 aromatic carbocycles. The molecule has 2 amide bonds. The predicted octanol–water partition coefficient (Wildman–Crippen LogP) is 2.70. The zero-order valence-electron chi connectivity index (χ0n) is 15.8. The molecule has 0 unspecified atom stereocenters. The molecule has 8 heteroatoms. The molecular weight excluding hydrogens is 371 g/mol. The largest absolute Gasteiger partial charge is 0.401 e. The molecule has 154 valence electrons. The van der Waals surface area contributed by atoms with Gasteiger partial charge in [0.2, 0.25) is 11.8 Å². The SMILES string of the molecule is O=C(NCc1ccccc1CN1CCCC1=O)C1CCN(CC(F)(F)F)CC1. The molecule has 0 aliphatic carbocycles. The van der Waals surface area contributed by atoms with Crippen LogP contribution in [0.25, 0.3) is 0 Å². The molecule has 0 aromatic heterocycles. The van der Waals surface area contributed by atoms with Gasteiger partial charge in [0.25, 0.3) is 0 Å². The number of hydrogen-bond donors (Lipinski definition) is 1. The van der Waals surface area contributed by atoms with E-state index in [1.54, 1.807) is 0 Å². The van der Waals surface area contributed by atoms with Crippen molar-refractivity contribution in [2.45, 2.75) is 44.9 Å². The molecule has 2 aliphatic rings. The molecule has 1 aromatic rings. The third-order valence-electron chi connectivity index (χ3n) is 5.47. The van der Waals surface area contributed by atoms with Crippen LogP contribution in [0.1, 0.15) is 36.8 Å². The smallest absolute Gasteiger partial charge is 0.352 e. The highest BCUT2D eigenvalue weighted by molar-refractivity contribution is 5.79. The van der Waals surface area contributed by atoms with Crippen molar-refractivity contribution in [3.05, 3.63) is 35.4 Å². The topological polar surface area (TPSA) is 52.7 Å². The summed E-state index contributed by atoms with van der Waals surface area (Å²) in [6.07, 6.45) is -1.86. The van der Waals surface area contributed by atoms with Crippen molar-refractivity contribution in [1.29, 1.82) is 0 Å². The van der Waals surface area contributed by atoms with E-state index in [1.807, 2.05) is 29.2 Å². The number of amides is 2. The van der Waals surface area contributed by atoms with Crippen LogP contribution in [0.2, 0.25) is 0 Å². The fourth-order valence-corrected chi connectivity index (χ4v) is 3.89. The van der Waals surface area contributed by atoms with Gasteiger partial charge in [-0.25, -0.2) is 0 Å². The van der Waals surface area contributed by atoms with Crippen LogP contribution in [0.4, 0.5) is 13.2 Å². The Morgan fingerprint density at radius 3 is 2.39 bits per heavy atom.